The lowest BCUT2D eigenvalue weighted by atomic mass is 10.1. The highest BCUT2D eigenvalue weighted by atomic mass is 15.2. The van der Waals surface area contributed by atoms with Crippen molar-refractivity contribution >= 4 is 17.0 Å². The summed E-state index contributed by atoms with van der Waals surface area (Å²) in [5.74, 6) is 0. The standard InChI is InChI=1S/C11H12N2/c1-4-9-5-8(2)10-7-13(3)12-11(10)6-9/h4-7H,1H2,2-3H3. The van der Waals surface area contributed by atoms with Crippen LogP contribution in [0.15, 0.2) is 24.9 Å². The van der Waals surface area contributed by atoms with Gasteiger partial charge in [-0.15, -0.1) is 0 Å². The molecule has 1 heterocycles. The number of fused-ring (bicyclic) bond motifs is 1. The normalized spacial score (nSPS) is 10.6. The van der Waals surface area contributed by atoms with E-state index in [2.05, 4.69) is 30.7 Å². The van der Waals surface area contributed by atoms with Crippen LogP contribution < -0.4 is 0 Å². The summed E-state index contributed by atoms with van der Waals surface area (Å²) in [5, 5.41) is 5.57. The van der Waals surface area contributed by atoms with Gasteiger partial charge in [-0.05, 0) is 24.1 Å². The quantitative estimate of drug-likeness (QED) is 0.646. The largest absolute Gasteiger partial charge is 0.275 e. The summed E-state index contributed by atoms with van der Waals surface area (Å²) in [6, 6.07) is 4.17. The highest BCUT2D eigenvalue weighted by molar-refractivity contribution is 5.84. The van der Waals surface area contributed by atoms with Crippen LogP contribution in [0.5, 0.6) is 0 Å². The molecule has 0 aliphatic carbocycles. The van der Waals surface area contributed by atoms with Gasteiger partial charge in [0.25, 0.3) is 0 Å². The Labute approximate surface area is 77.5 Å². The van der Waals surface area contributed by atoms with Crippen LogP contribution in [0, 0.1) is 6.92 Å². The predicted octanol–water partition coefficient (Wildman–Crippen LogP) is 2.52. The van der Waals surface area contributed by atoms with Gasteiger partial charge >= 0.3 is 0 Å². The summed E-state index contributed by atoms with van der Waals surface area (Å²) in [4.78, 5) is 0. The lowest BCUT2D eigenvalue weighted by Crippen LogP contribution is -1.84. The molecule has 2 nitrogen and oxygen atoms in total. The maximum atomic E-state index is 4.35. The van der Waals surface area contributed by atoms with E-state index < -0.39 is 0 Å². The average molecular weight is 172 g/mol. The van der Waals surface area contributed by atoms with E-state index in [9.17, 15) is 0 Å². The first-order valence-electron chi connectivity index (χ1n) is 4.27. The van der Waals surface area contributed by atoms with Gasteiger partial charge in [-0.25, -0.2) is 0 Å². The second-order valence-corrected chi connectivity index (χ2v) is 3.28. The summed E-state index contributed by atoms with van der Waals surface area (Å²) >= 11 is 0. The van der Waals surface area contributed by atoms with E-state index in [1.54, 1.807) is 0 Å². The van der Waals surface area contributed by atoms with E-state index >= 15 is 0 Å². The summed E-state index contributed by atoms with van der Waals surface area (Å²) in [6.07, 6.45) is 3.89. The molecule has 0 saturated carbocycles. The monoisotopic (exact) mass is 172 g/mol. The molecule has 0 amide bonds. The molecule has 0 bridgehead atoms. The highest BCUT2D eigenvalue weighted by Crippen LogP contribution is 2.19. The van der Waals surface area contributed by atoms with Gasteiger partial charge in [0.05, 0.1) is 5.52 Å². The zero-order valence-corrected chi connectivity index (χ0v) is 7.91. The Balaban J connectivity index is 2.82. The van der Waals surface area contributed by atoms with Gasteiger partial charge in [0.15, 0.2) is 0 Å². The molecule has 0 aliphatic rings. The van der Waals surface area contributed by atoms with E-state index in [0.717, 1.165) is 11.1 Å². The molecule has 0 unspecified atom stereocenters. The highest BCUT2D eigenvalue weighted by Gasteiger charge is 2.02. The third-order valence-corrected chi connectivity index (χ3v) is 2.20. The molecule has 1 aromatic heterocycles. The first-order chi connectivity index (χ1) is 6.20. The number of hydrogen-bond donors (Lipinski definition) is 0. The van der Waals surface area contributed by atoms with Crippen molar-refractivity contribution < 1.29 is 0 Å². The molecule has 0 saturated heterocycles. The summed E-state index contributed by atoms with van der Waals surface area (Å²) in [7, 11) is 1.94. The minimum atomic E-state index is 1.04. The molecule has 0 aliphatic heterocycles. The second-order valence-electron chi connectivity index (χ2n) is 3.28. The minimum absolute atomic E-state index is 1.04. The zero-order valence-electron chi connectivity index (χ0n) is 7.91. The van der Waals surface area contributed by atoms with Crippen LogP contribution in [0.25, 0.3) is 17.0 Å². The van der Waals surface area contributed by atoms with Gasteiger partial charge in [0.1, 0.15) is 0 Å². The Hall–Kier alpha value is -1.57. The molecule has 66 valence electrons. The van der Waals surface area contributed by atoms with Crippen LogP contribution >= 0.6 is 0 Å². The van der Waals surface area contributed by atoms with Crippen molar-refractivity contribution in [3.05, 3.63) is 36.0 Å². The van der Waals surface area contributed by atoms with Crippen LogP contribution in [0.1, 0.15) is 11.1 Å². The van der Waals surface area contributed by atoms with Gasteiger partial charge in [-0.2, -0.15) is 5.10 Å². The zero-order chi connectivity index (χ0) is 9.42. The Bertz CT molecular complexity index is 466. The maximum absolute atomic E-state index is 4.35. The first-order valence-corrected chi connectivity index (χ1v) is 4.27. The minimum Gasteiger partial charge on any atom is -0.275 e. The summed E-state index contributed by atoms with van der Waals surface area (Å²) < 4.78 is 1.84. The summed E-state index contributed by atoms with van der Waals surface area (Å²) in [6.45, 7) is 5.85. The molecule has 13 heavy (non-hydrogen) atoms. The number of hydrogen-bond acceptors (Lipinski definition) is 1. The smallest absolute Gasteiger partial charge is 0.0931 e. The fraction of sp³-hybridized carbons (Fsp3) is 0.182. The van der Waals surface area contributed by atoms with Crippen LogP contribution in [-0.2, 0) is 7.05 Å². The van der Waals surface area contributed by atoms with Gasteiger partial charge in [0, 0.05) is 18.6 Å². The summed E-state index contributed by atoms with van der Waals surface area (Å²) in [5.41, 5.74) is 3.42. The number of benzene rings is 1. The Morgan fingerprint density at radius 3 is 2.92 bits per heavy atom. The molecule has 0 spiro atoms. The molecule has 0 fully saturated rings. The van der Waals surface area contributed by atoms with Crippen molar-refractivity contribution in [2.24, 2.45) is 7.05 Å². The van der Waals surface area contributed by atoms with Crippen LogP contribution in [-0.4, -0.2) is 9.78 Å². The fourth-order valence-electron chi connectivity index (χ4n) is 1.56. The lowest BCUT2D eigenvalue weighted by Gasteiger charge is -1.96. The van der Waals surface area contributed by atoms with Gasteiger partial charge in [-0.3, -0.25) is 4.68 Å². The molecule has 1 aromatic carbocycles. The number of rotatable bonds is 1. The molecule has 0 radical (unpaired) electrons. The van der Waals surface area contributed by atoms with Crippen molar-refractivity contribution in [1.29, 1.82) is 0 Å². The SMILES string of the molecule is C=Cc1cc(C)c2cn(C)nc2c1. The number of aromatic nitrogens is 2. The number of aryl methyl sites for hydroxylation is 2. The van der Waals surface area contributed by atoms with E-state index in [1.807, 2.05) is 24.0 Å². The molecular formula is C11H12N2. The molecule has 2 heteroatoms. The Kier molecular flexibility index (Phi) is 1.69. The Morgan fingerprint density at radius 2 is 2.23 bits per heavy atom. The molecule has 2 aromatic rings. The van der Waals surface area contributed by atoms with Gasteiger partial charge in [-0.1, -0.05) is 18.7 Å². The van der Waals surface area contributed by atoms with Crippen LogP contribution in [0.2, 0.25) is 0 Å². The predicted molar refractivity (Wildman–Crippen MR) is 55.5 cm³/mol. The third kappa shape index (κ3) is 1.24. The van der Waals surface area contributed by atoms with Crippen LogP contribution in [0.4, 0.5) is 0 Å². The van der Waals surface area contributed by atoms with E-state index in [4.69, 9.17) is 0 Å². The third-order valence-electron chi connectivity index (χ3n) is 2.20. The van der Waals surface area contributed by atoms with E-state index in [0.29, 0.717) is 0 Å². The molecule has 2 rings (SSSR count). The number of nitrogens with zero attached hydrogens (tertiary/aromatic N) is 2. The van der Waals surface area contributed by atoms with Crippen molar-refractivity contribution in [2.45, 2.75) is 6.92 Å². The topological polar surface area (TPSA) is 17.8 Å². The molecule has 0 atom stereocenters. The Morgan fingerprint density at radius 1 is 1.46 bits per heavy atom. The molecule has 0 N–H and O–H groups in total. The first kappa shape index (κ1) is 8.05. The van der Waals surface area contributed by atoms with Crippen molar-refractivity contribution in [3.8, 4) is 0 Å². The lowest BCUT2D eigenvalue weighted by molar-refractivity contribution is 0.779. The van der Waals surface area contributed by atoms with Gasteiger partial charge in [0.2, 0.25) is 0 Å². The maximum Gasteiger partial charge on any atom is 0.0931 e. The molecular weight excluding hydrogens is 160 g/mol. The average Bonchev–Trinajstić information content (AvgIpc) is 2.46. The van der Waals surface area contributed by atoms with E-state index in [1.165, 1.54) is 10.9 Å². The van der Waals surface area contributed by atoms with E-state index in [-0.39, 0.29) is 0 Å². The van der Waals surface area contributed by atoms with Crippen LogP contribution in [0.3, 0.4) is 0 Å². The van der Waals surface area contributed by atoms with Crippen molar-refractivity contribution in [2.75, 3.05) is 0 Å². The fourth-order valence-corrected chi connectivity index (χ4v) is 1.56. The van der Waals surface area contributed by atoms with Gasteiger partial charge < -0.3 is 0 Å². The second kappa shape index (κ2) is 2.73. The van der Waals surface area contributed by atoms with Crippen molar-refractivity contribution in [1.82, 2.24) is 9.78 Å². The van der Waals surface area contributed by atoms with Crippen molar-refractivity contribution in [3.63, 3.8) is 0 Å².